The number of benzene rings is 5. The van der Waals surface area contributed by atoms with Crippen LogP contribution in [0.2, 0.25) is 0 Å². The van der Waals surface area contributed by atoms with Crippen molar-refractivity contribution in [2.45, 2.75) is 227 Å². The highest BCUT2D eigenvalue weighted by Crippen LogP contribution is 2.30. The number of anilines is 2. The van der Waals surface area contributed by atoms with Gasteiger partial charge in [0, 0.05) is 100 Å². The Morgan fingerprint density at radius 2 is 0.859 bits per heavy atom. The number of amides is 14. The van der Waals surface area contributed by atoms with E-state index in [2.05, 4.69) is 95.3 Å². The fourth-order valence-electron chi connectivity index (χ4n) is 14.1. The first-order valence-electron chi connectivity index (χ1n) is 46.8. The van der Waals surface area contributed by atoms with Gasteiger partial charge >= 0.3 is 36.0 Å². The lowest BCUT2D eigenvalue weighted by Gasteiger charge is -2.29. The molecule has 0 spiro atoms. The van der Waals surface area contributed by atoms with Crippen LogP contribution in [-0.4, -0.2) is 288 Å². The van der Waals surface area contributed by atoms with Crippen molar-refractivity contribution in [1.29, 1.82) is 10.8 Å². The van der Waals surface area contributed by atoms with Crippen molar-refractivity contribution in [3.8, 4) is 0 Å². The molecular weight excluding hydrogens is 1990 g/mol. The number of aliphatic carboxylic acids is 5. The first-order chi connectivity index (χ1) is 69.9. The van der Waals surface area contributed by atoms with E-state index in [-0.39, 0.29) is 112 Å². The topological polar surface area (TPSA) is 852 Å². The van der Waals surface area contributed by atoms with Crippen LogP contribution in [-0.2, 0) is 103 Å². The molecule has 0 fully saturated rings. The second-order valence-electron chi connectivity index (χ2n) is 35.0. The molecule has 5 rings (SSSR count). The molecule has 5 aromatic carbocycles. The van der Waals surface area contributed by atoms with Crippen molar-refractivity contribution in [1.82, 2.24) is 79.8 Å². The summed E-state index contributed by atoms with van der Waals surface area (Å²) >= 11 is 0. The quantitative estimate of drug-likeness (QED) is 0.00762. The normalized spacial score (nSPS) is 13.6. The minimum Gasteiger partial charge on any atom is -0.481 e. The van der Waals surface area contributed by atoms with Crippen LogP contribution in [0.3, 0.4) is 0 Å². The molecule has 14 amide bonds. The molecule has 0 aliphatic heterocycles. The molecule has 0 aromatic heterocycles. The summed E-state index contributed by atoms with van der Waals surface area (Å²) in [5, 5.41) is 111. The van der Waals surface area contributed by atoms with Crippen molar-refractivity contribution in [2.24, 2.45) is 45.0 Å². The molecule has 56 heteroatoms. The summed E-state index contributed by atoms with van der Waals surface area (Å²) in [6.07, 6.45) is -11.8. The molecular formula is C93H130F3N25O27S. The van der Waals surface area contributed by atoms with Crippen molar-refractivity contribution < 1.29 is 143 Å². The van der Waals surface area contributed by atoms with Crippen LogP contribution in [0.4, 0.5) is 35.9 Å². The Morgan fingerprint density at radius 3 is 1.37 bits per heavy atom. The highest BCUT2D eigenvalue weighted by atomic mass is 32.2. The number of nitrogens with one attached hydrogen (secondary N) is 18. The van der Waals surface area contributed by atoms with Crippen LogP contribution in [0.1, 0.15) is 153 Å². The van der Waals surface area contributed by atoms with Crippen LogP contribution in [0, 0.1) is 22.7 Å². The molecule has 149 heavy (non-hydrogen) atoms. The third kappa shape index (κ3) is 47.2. The number of hydrogen-bond donors (Lipinski definition) is 28. The molecule has 32 N–H and O–H groups in total. The molecule has 0 aliphatic carbocycles. The van der Waals surface area contributed by atoms with Gasteiger partial charge in [-0.05, 0) is 156 Å². The number of fused-ring (bicyclic) bond motifs is 1. The van der Waals surface area contributed by atoms with Gasteiger partial charge in [-0.3, -0.25) is 96.9 Å². The minimum absolute atomic E-state index is 0.0298. The third-order valence-electron chi connectivity index (χ3n) is 21.9. The van der Waals surface area contributed by atoms with Gasteiger partial charge in [0.1, 0.15) is 71.4 Å². The predicted octanol–water partition coefficient (Wildman–Crippen LogP) is -0.575. The molecule has 5 aromatic rings. The molecule has 0 saturated carbocycles. The lowest BCUT2D eigenvalue weighted by atomic mass is 10.00. The molecule has 816 valence electrons. The molecule has 0 bridgehead atoms. The number of alkyl halides is 3. The van der Waals surface area contributed by atoms with E-state index in [1.807, 2.05) is 31.1 Å². The second-order valence-corrected chi connectivity index (χ2v) is 36.4. The molecule has 52 nitrogen and oxygen atoms in total. The Kier molecular flexibility index (Phi) is 52.4. The summed E-state index contributed by atoms with van der Waals surface area (Å²) < 4.78 is 65.7. The summed E-state index contributed by atoms with van der Waals surface area (Å²) in [5.74, 6) is -26.5. The van der Waals surface area contributed by atoms with E-state index in [0.717, 1.165) is 12.6 Å². The van der Waals surface area contributed by atoms with Crippen molar-refractivity contribution in [2.75, 3.05) is 57.0 Å². The largest absolute Gasteiger partial charge is 0.490 e. The van der Waals surface area contributed by atoms with Gasteiger partial charge in [0.15, 0.2) is 11.9 Å². The number of azo groups is 1. The van der Waals surface area contributed by atoms with Crippen LogP contribution in [0.5, 0.6) is 0 Å². The average molecular weight is 2120 g/mol. The molecule has 0 unspecified atom stereocenters. The summed E-state index contributed by atoms with van der Waals surface area (Å²) in [6, 6.07) is 9.56. The Hall–Kier alpha value is -16.3. The number of nitrogens with two attached hydrogens (primary N) is 4. The molecule has 0 aliphatic rings. The van der Waals surface area contributed by atoms with Gasteiger partial charge in [-0.15, -0.1) is 0 Å². The SMILES string of the molecule is CC(C)C[C@H](NC(=O)[C@H](CC(N)=O)NC(=O)[C@@H](NC(=O)[C@H](CCC(=O)O)NC(=O)[C@H](CCC(=O)NCCNc1cccc2c(S(=O)(=O)O)cccc12)NC(=O)[C@@H](N)CCCNC(=N)N)C(C)C)C(=O)N[C@@H](CC(=O)O)C(=O)N[C@@H](C)C(=O)N[C@@H](CCC(=O)O)C(=O)N[C@@H](Cc1ccccc1)C(=O)N[C@@H](CCCCNC(=O)c1ccc(N=Nc2ccc(N(C)C)cc2)cc1)C(=O)N[C@@H](CCCNC(=N)N)C(=O)O.O=C(O)C(F)(F)F. The zero-order valence-electron chi connectivity index (χ0n) is 82.6. The van der Waals surface area contributed by atoms with Crippen molar-refractivity contribution in [3.05, 3.63) is 126 Å². The van der Waals surface area contributed by atoms with E-state index in [4.69, 9.17) is 43.7 Å². The molecule has 12 atom stereocenters. The van der Waals surface area contributed by atoms with Crippen LogP contribution in [0.25, 0.3) is 10.8 Å². The van der Waals surface area contributed by atoms with E-state index in [9.17, 15) is 133 Å². The third-order valence-corrected chi connectivity index (χ3v) is 22.8. The Labute approximate surface area is 853 Å². The van der Waals surface area contributed by atoms with Gasteiger partial charge in [0.2, 0.25) is 76.8 Å². The monoisotopic (exact) mass is 2120 g/mol. The number of carbonyl (C=O) groups is 19. The zero-order chi connectivity index (χ0) is 112. The minimum atomic E-state index is -5.08. The Balaban J connectivity index is 0.00000635. The van der Waals surface area contributed by atoms with Crippen molar-refractivity contribution >= 4 is 168 Å². The number of halogens is 3. The number of unbranched alkanes of at least 4 members (excludes halogenated alkanes) is 1. The number of carboxylic acid groups (broad SMARTS) is 5. The van der Waals surface area contributed by atoms with Gasteiger partial charge in [-0.2, -0.15) is 31.8 Å². The highest BCUT2D eigenvalue weighted by molar-refractivity contribution is 7.86. The smallest absolute Gasteiger partial charge is 0.481 e. The predicted molar refractivity (Wildman–Crippen MR) is 531 cm³/mol. The fraction of sp³-hybridized carbons (Fsp3) is 0.473. The number of primary amides is 1. The van der Waals surface area contributed by atoms with Gasteiger partial charge in [0.05, 0.1) is 30.3 Å². The Bertz CT molecular complexity index is 5660. The number of carbonyl (C=O) groups excluding carboxylic acids is 14. The van der Waals surface area contributed by atoms with E-state index in [0.29, 0.717) is 28.0 Å². The standard InChI is InChI=1S/C91H129N25O25S.C2HF3O2/c1-49(2)45-66(109-87(135)68(47-71(93)117)112-88(136)76(50(3)4)113-83(131)64(36-39-74(121)122)107-81(129)62(105-79(127)59(92)21-15-41-101-90(94)95)34-37-72(118)99-44-43-98-60-23-13-20-58-57(60)19-14-25-70(58)142(139,140)141)85(133)111-69(48-75(123)124)84(132)103-51(5)77(125)104-63(35-38-73(119)120)82(130)110-67(46-52-17-9-8-10-18-52)86(134)106-61(80(128)108-65(89(137)138)24-16-42-102-91(96)97)22-11-12-40-100-78(126)53-26-28-54(29-27-53)114-115-55-30-32-56(33-31-55)116(6)7;3-2(4,5)1(6)7/h8-10,13-14,17-20,23,25-33,49-51,59,61-69,76,98H,11-12,15-16,21-22,24,34-48,92H2,1-7H3,(H2,93,117)(H,99,118)(H,100,126)(H,103,132)(H,104,125)(H,105,127)(H,106,134)(H,107,129)(H,108,128)(H,109,135)(H,110,130)(H,111,133)(H,112,136)(H,113,131)(H,119,120)(H,121,122)(H,123,124)(H,137,138)(H4,94,95,101)(H4,96,97,102)(H,139,140,141);(H,6,7)/t51-,59-,61-,62-,63-,64-,65-,66-,67-,68-,69-,76-;/m0./s1. The number of nitrogens with zero attached hydrogens (tertiary/aromatic N) is 3. The second kappa shape index (κ2) is 62.5. The van der Waals surface area contributed by atoms with E-state index in [1.165, 1.54) is 50.2 Å². The van der Waals surface area contributed by atoms with Crippen LogP contribution in [0.15, 0.2) is 130 Å². The number of guanidine groups is 2. The summed E-state index contributed by atoms with van der Waals surface area (Å²) in [7, 11) is -0.805. The van der Waals surface area contributed by atoms with Gasteiger partial charge in [-0.1, -0.05) is 82.3 Å². The zero-order valence-corrected chi connectivity index (χ0v) is 83.4. The van der Waals surface area contributed by atoms with Crippen molar-refractivity contribution in [3.63, 3.8) is 0 Å². The maximum absolute atomic E-state index is 14.8. The lowest BCUT2D eigenvalue weighted by molar-refractivity contribution is -0.192. The van der Waals surface area contributed by atoms with E-state index in [1.54, 1.807) is 80.6 Å². The molecule has 0 radical (unpaired) electrons. The maximum atomic E-state index is 14.8. The van der Waals surface area contributed by atoms with E-state index < -0.39 is 271 Å². The number of rotatable bonds is 63. The highest BCUT2D eigenvalue weighted by Gasteiger charge is 2.41. The first kappa shape index (κ1) is 125. The summed E-state index contributed by atoms with van der Waals surface area (Å²) in [4.78, 5) is 257. The number of hydrogen-bond acceptors (Lipinski definition) is 28. The fourth-order valence-corrected chi connectivity index (χ4v) is 14.8. The number of carboxylic acids is 5. The average Bonchev–Trinajstić information content (AvgIpc) is 0.782. The van der Waals surface area contributed by atoms with Gasteiger partial charge in [-0.25, -0.2) is 9.59 Å². The first-order valence-corrected chi connectivity index (χ1v) is 48.2. The van der Waals surface area contributed by atoms with Crippen LogP contribution < -0.4 is 113 Å². The van der Waals surface area contributed by atoms with E-state index >= 15 is 0 Å². The lowest BCUT2D eigenvalue weighted by Crippen LogP contribution is -2.61. The van der Waals surface area contributed by atoms with Crippen LogP contribution >= 0.6 is 0 Å². The van der Waals surface area contributed by atoms with Gasteiger partial charge in [0.25, 0.3) is 16.0 Å². The summed E-state index contributed by atoms with van der Waals surface area (Å²) in [5.41, 5.74) is 25.6. The molecule has 0 saturated heterocycles. The molecule has 0 heterocycles. The summed E-state index contributed by atoms with van der Waals surface area (Å²) in [6.45, 7) is 7.18. The maximum Gasteiger partial charge on any atom is 0.490 e. The van der Waals surface area contributed by atoms with Gasteiger partial charge < -0.3 is 138 Å². The Morgan fingerprint density at radius 1 is 0.423 bits per heavy atom.